The Morgan fingerprint density at radius 3 is 2.72 bits per heavy atom. The summed E-state index contributed by atoms with van der Waals surface area (Å²) in [4.78, 5) is 20.3. The van der Waals surface area contributed by atoms with Gasteiger partial charge in [0.15, 0.2) is 0 Å². The van der Waals surface area contributed by atoms with Gasteiger partial charge in [-0.2, -0.15) is 0 Å². The number of aromatic nitrogens is 2. The molecule has 0 aliphatic heterocycles. The van der Waals surface area contributed by atoms with E-state index in [-0.39, 0.29) is 36.2 Å². The lowest BCUT2D eigenvalue weighted by atomic mass is 9.46. The van der Waals surface area contributed by atoms with Crippen LogP contribution in [0.5, 0.6) is 0 Å². The third-order valence-corrected chi connectivity index (χ3v) is 7.77. The molecule has 2 aliphatic rings. The fourth-order valence-electron chi connectivity index (χ4n) is 6.00. The van der Waals surface area contributed by atoms with Crippen LogP contribution in [0.2, 0.25) is 0 Å². The van der Waals surface area contributed by atoms with E-state index in [1.54, 1.807) is 0 Å². The minimum absolute atomic E-state index is 0.0520. The summed E-state index contributed by atoms with van der Waals surface area (Å²) >= 11 is 0. The summed E-state index contributed by atoms with van der Waals surface area (Å²) in [5.41, 5.74) is 0.709. The first kappa shape index (κ1) is 20.3. The molecule has 0 spiro atoms. The van der Waals surface area contributed by atoms with Crippen molar-refractivity contribution in [2.45, 2.75) is 58.2 Å². The maximum absolute atomic E-state index is 12.8. The summed E-state index contributed by atoms with van der Waals surface area (Å²) in [6.07, 6.45) is 1.66. The van der Waals surface area contributed by atoms with E-state index in [2.05, 4.69) is 22.2 Å². The number of fused-ring (bicyclic) bond motifs is 2. The molecule has 2 fully saturated rings. The van der Waals surface area contributed by atoms with E-state index in [4.69, 9.17) is 0 Å². The van der Waals surface area contributed by atoms with E-state index in [0.29, 0.717) is 18.8 Å². The number of hydrogen-bond acceptors (Lipinski definition) is 5. The summed E-state index contributed by atoms with van der Waals surface area (Å²) in [7, 11) is 0. The highest BCUT2D eigenvalue weighted by atomic mass is 16.3. The monoisotopic (exact) mass is 401 g/mol. The van der Waals surface area contributed by atoms with Gasteiger partial charge in [0.25, 0.3) is 0 Å². The molecule has 7 heteroatoms. The molecule has 4 rings (SSSR count). The fraction of sp³-hybridized carbons (Fsp3) is 0.636. The van der Waals surface area contributed by atoms with Crippen LogP contribution in [0.1, 0.15) is 46.0 Å². The minimum atomic E-state index is -0.611. The Morgan fingerprint density at radius 1 is 1.24 bits per heavy atom. The molecule has 0 bridgehead atoms. The highest BCUT2D eigenvalue weighted by Gasteiger charge is 2.59. The first-order chi connectivity index (χ1) is 13.8. The number of nitrogens with one attached hydrogen (secondary N) is 2. The number of hydrogen-bond donors (Lipinski definition) is 5. The summed E-state index contributed by atoms with van der Waals surface area (Å²) in [5, 5.41) is 34.2. The van der Waals surface area contributed by atoms with Gasteiger partial charge in [-0.15, -0.1) is 0 Å². The second-order valence-electron chi connectivity index (χ2n) is 9.38. The Labute approximate surface area is 170 Å². The van der Waals surface area contributed by atoms with Gasteiger partial charge >= 0.3 is 0 Å². The molecular formula is C22H31N3O4. The van der Waals surface area contributed by atoms with Crippen LogP contribution in [0.15, 0.2) is 24.3 Å². The second-order valence-corrected chi connectivity index (χ2v) is 9.38. The summed E-state index contributed by atoms with van der Waals surface area (Å²) < 4.78 is 0. The fourth-order valence-corrected chi connectivity index (χ4v) is 6.00. The zero-order valence-corrected chi connectivity index (χ0v) is 17.1. The number of H-pyrrole nitrogens is 1. The van der Waals surface area contributed by atoms with Crippen molar-refractivity contribution in [3.63, 3.8) is 0 Å². The van der Waals surface area contributed by atoms with Crippen LogP contribution >= 0.6 is 0 Å². The van der Waals surface area contributed by atoms with Crippen molar-refractivity contribution in [1.82, 2.24) is 9.97 Å². The number of anilines is 1. The number of aromatic amines is 1. The maximum atomic E-state index is 12.8. The third kappa shape index (κ3) is 3.35. The van der Waals surface area contributed by atoms with Gasteiger partial charge in [-0.1, -0.05) is 26.0 Å². The van der Waals surface area contributed by atoms with Crippen LogP contribution in [0.25, 0.3) is 11.0 Å². The van der Waals surface area contributed by atoms with Crippen molar-refractivity contribution < 1.29 is 20.1 Å². The number of aliphatic hydroxyl groups is 3. The number of carbonyl (C=O) groups excluding carboxylic acids is 1. The van der Waals surface area contributed by atoms with Crippen LogP contribution in [0.3, 0.4) is 0 Å². The molecule has 5 N–H and O–H groups in total. The average molecular weight is 402 g/mol. The smallest absolute Gasteiger partial charge is 0.227 e. The van der Waals surface area contributed by atoms with Crippen molar-refractivity contribution in [2.24, 2.45) is 22.7 Å². The van der Waals surface area contributed by atoms with Crippen LogP contribution in [0, 0.1) is 22.7 Å². The summed E-state index contributed by atoms with van der Waals surface area (Å²) in [6, 6.07) is 7.57. The van der Waals surface area contributed by atoms with Gasteiger partial charge in [-0.3, -0.25) is 10.1 Å². The number of imidazole rings is 1. The molecular weight excluding hydrogens is 370 g/mol. The first-order valence-corrected chi connectivity index (χ1v) is 10.5. The van der Waals surface area contributed by atoms with Crippen molar-refractivity contribution in [1.29, 1.82) is 0 Å². The number of rotatable bonds is 4. The number of aliphatic hydroxyl groups excluding tert-OH is 3. The van der Waals surface area contributed by atoms with Gasteiger partial charge in [0.2, 0.25) is 11.9 Å². The molecule has 6 atom stereocenters. The van der Waals surface area contributed by atoms with Gasteiger partial charge in [0.1, 0.15) is 0 Å². The lowest BCUT2D eigenvalue weighted by molar-refractivity contribution is -0.185. The second kappa shape index (κ2) is 7.38. The maximum Gasteiger partial charge on any atom is 0.227 e. The molecule has 1 heterocycles. The van der Waals surface area contributed by atoms with Crippen molar-refractivity contribution >= 4 is 22.9 Å². The molecule has 7 nitrogen and oxygen atoms in total. The normalized spacial score (nSPS) is 37.3. The molecule has 2 aliphatic carbocycles. The van der Waals surface area contributed by atoms with Crippen molar-refractivity contribution in [2.75, 3.05) is 11.9 Å². The van der Waals surface area contributed by atoms with Crippen molar-refractivity contribution in [3.05, 3.63) is 24.3 Å². The lowest BCUT2D eigenvalue weighted by Crippen LogP contribution is -2.60. The molecule has 0 saturated heterocycles. The van der Waals surface area contributed by atoms with E-state index in [1.807, 2.05) is 31.2 Å². The average Bonchev–Trinajstić information content (AvgIpc) is 3.10. The standard InChI is InChI=1S/C22H31N3O4/c1-21-10-9-18(28)22(2,12-26)17(21)8-7-16(27)13(21)11-19(29)25-20-23-14-5-3-4-6-15(14)24-20/h3-6,13,16-18,26-28H,7-12H2,1-2H3,(H2,23,24,25,29). The molecule has 29 heavy (non-hydrogen) atoms. The molecule has 1 aromatic carbocycles. The Kier molecular flexibility index (Phi) is 5.17. The SMILES string of the molecule is CC1(CO)C(O)CCC2(C)C(CC(=O)Nc3nc4ccccc4[nH]3)C(O)CCC12. The minimum Gasteiger partial charge on any atom is -0.396 e. The molecule has 2 saturated carbocycles. The summed E-state index contributed by atoms with van der Waals surface area (Å²) in [5.74, 6) is 0.0365. The molecule has 1 amide bonds. The van der Waals surface area contributed by atoms with E-state index in [0.717, 1.165) is 23.9 Å². The largest absolute Gasteiger partial charge is 0.396 e. The predicted octanol–water partition coefficient (Wildman–Crippen LogP) is 2.44. The number of amides is 1. The van der Waals surface area contributed by atoms with Gasteiger partial charge in [0.05, 0.1) is 29.8 Å². The van der Waals surface area contributed by atoms with Crippen LogP contribution in [-0.2, 0) is 4.79 Å². The number of para-hydroxylation sites is 2. The Balaban J connectivity index is 1.54. The van der Waals surface area contributed by atoms with Gasteiger partial charge < -0.3 is 20.3 Å². The summed E-state index contributed by atoms with van der Waals surface area (Å²) in [6.45, 7) is 3.95. The highest BCUT2D eigenvalue weighted by Crippen LogP contribution is 2.60. The Morgan fingerprint density at radius 2 is 2.00 bits per heavy atom. The third-order valence-electron chi connectivity index (χ3n) is 7.77. The molecule has 2 aromatic rings. The zero-order valence-electron chi connectivity index (χ0n) is 17.1. The number of carbonyl (C=O) groups is 1. The molecule has 0 radical (unpaired) electrons. The van der Waals surface area contributed by atoms with E-state index in [9.17, 15) is 20.1 Å². The van der Waals surface area contributed by atoms with E-state index >= 15 is 0 Å². The topological polar surface area (TPSA) is 118 Å². The predicted molar refractivity (Wildman–Crippen MR) is 110 cm³/mol. The van der Waals surface area contributed by atoms with Gasteiger partial charge in [-0.05, 0) is 55.1 Å². The van der Waals surface area contributed by atoms with Crippen LogP contribution in [-0.4, -0.2) is 50.0 Å². The Hall–Kier alpha value is -1.96. The zero-order chi connectivity index (χ0) is 20.8. The number of nitrogens with zero attached hydrogens (tertiary/aromatic N) is 1. The van der Waals surface area contributed by atoms with Crippen molar-refractivity contribution in [3.8, 4) is 0 Å². The Bertz CT molecular complexity index is 866. The lowest BCUT2D eigenvalue weighted by Gasteiger charge is -2.60. The van der Waals surface area contributed by atoms with E-state index < -0.39 is 17.6 Å². The molecule has 6 unspecified atom stereocenters. The van der Waals surface area contributed by atoms with Crippen LogP contribution in [0.4, 0.5) is 5.95 Å². The highest BCUT2D eigenvalue weighted by molar-refractivity contribution is 5.91. The van der Waals surface area contributed by atoms with E-state index in [1.165, 1.54) is 0 Å². The number of benzene rings is 1. The first-order valence-electron chi connectivity index (χ1n) is 10.5. The van der Waals surface area contributed by atoms with Crippen LogP contribution < -0.4 is 5.32 Å². The van der Waals surface area contributed by atoms with Gasteiger partial charge in [0, 0.05) is 11.8 Å². The molecule has 1 aromatic heterocycles. The molecule has 158 valence electrons. The quantitative estimate of drug-likeness (QED) is 0.539. The van der Waals surface area contributed by atoms with Gasteiger partial charge in [-0.25, -0.2) is 4.98 Å².